The largest absolute Gasteiger partial charge is 0.311 e. The van der Waals surface area contributed by atoms with Crippen LogP contribution in [0.2, 0.25) is 26.2 Å². The van der Waals surface area contributed by atoms with Crippen LogP contribution in [0, 0.1) is 0 Å². The average molecular weight is 1330 g/mol. The van der Waals surface area contributed by atoms with Gasteiger partial charge in [-0.05, 0) is 185 Å². The molecule has 0 saturated carbocycles. The molecule has 4 heterocycles. The summed E-state index contributed by atoms with van der Waals surface area (Å²) in [6.07, 6.45) is 0. The SMILES string of the molecule is CC(C)(C)c1ccc(N2c3ccc(C(C)(C)C)cc3B3c4cc(C(C)(C)C)ccc4N(c4ccc(C(C)(C)C)cc4)c4cc([Si](C)(C)c5ccc(-c6ccc7c(c6)B6c8ccccc8N(c8ccccc8)c8cc([Si](C)(C)c9ccccc9)cc(c86)N7c6ccccc6)cc5)cc2c43)cc1. The molecule has 0 bridgehead atoms. The molecular weight excluding hydrogens is 1240 g/mol. The molecule has 0 aliphatic carbocycles. The average Bonchev–Trinajstić information content (AvgIpc) is 0.699. The van der Waals surface area contributed by atoms with Crippen molar-refractivity contribution in [2.45, 2.75) is 131 Å². The van der Waals surface area contributed by atoms with Crippen LogP contribution in [0.3, 0.4) is 0 Å². The molecule has 0 N–H and O–H groups in total. The monoisotopic (exact) mass is 1330 g/mol. The van der Waals surface area contributed by atoms with E-state index >= 15 is 0 Å². The highest BCUT2D eigenvalue weighted by Gasteiger charge is 2.48. The molecule has 0 aromatic heterocycles. The van der Waals surface area contributed by atoms with Gasteiger partial charge in [0.2, 0.25) is 0 Å². The summed E-state index contributed by atoms with van der Waals surface area (Å²) in [6.45, 7) is 38.3. The second-order valence-electron chi connectivity index (χ2n) is 33.9. The Labute approximate surface area is 598 Å². The van der Waals surface area contributed by atoms with Crippen molar-refractivity contribution in [3.8, 4) is 11.1 Å². The van der Waals surface area contributed by atoms with Gasteiger partial charge in [0.1, 0.15) is 16.1 Å². The van der Waals surface area contributed by atoms with Gasteiger partial charge in [-0.15, -0.1) is 0 Å². The Bertz CT molecular complexity index is 5010. The molecule has 0 radical (unpaired) electrons. The van der Waals surface area contributed by atoms with Gasteiger partial charge >= 0.3 is 0 Å². The van der Waals surface area contributed by atoms with E-state index in [4.69, 9.17) is 0 Å². The lowest BCUT2D eigenvalue weighted by atomic mass is 9.33. The summed E-state index contributed by atoms with van der Waals surface area (Å²) in [7, 11) is -4.82. The molecule has 4 nitrogen and oxygen atoms in total. The predicted molar refractivity (Wildman–Crippen MR) is 441 cm³/mol. The first kappa shape index (κ1) is 65.0. The van der Waals surface area contributed by atoms with Crippen LogP contribution < -0.4 is 73.1 Å². The third kappa shape index (κ3) is 10.8. The van der Waals surface area contributed by atoms with Gasteiger partial charge in [0, 0.05) is 68.2 Å². The summed E-state index contributed by atoms with van der Waals surface area (Å²) >= 11 is 0. The van der Waals surface area contributed by atoms with Crippen LogP contribution in [-0.4, -0.2) is 29.6 Å². The number of anilines is 12. The third-order valence-electron chi connectivity index (χ3n) is 22.7. The smallest absolute Gasteiger partial charge is 0.252 e. The van der Waals surface area contributed by atoms with Crippen LogP contribution in [0.5, 0.6) is 0 Å². The zero-order chi connectivity index (χ0) is 69.7. The van der Waals surface area contributed by atoms with Crippen molar-refractivity contribution in [3.63, 3.8) is 0 Å². The summed E-state index contributed by atoms with van der Waals surface area (Å²) in [6, 6.07) is 104. The molecule has 0 atom stereocenters. The van der Waals surface area contributed by atoms with Gasteiger partial charge in [-0.2, -0.15) is 0 Å². The third-order valence-corrected chi connectivity index (χ3v) is 29.7. The standard InChI is InChI=1S/C92H92B2N4Si2/c1-89(2,3)63-39-45-69(46-40-63)97-81-52-43-65(91(7,8)9)55-77(81)94-78-56-66(92(10,11)12)44-53-82(78)98(70-47-41-64(42-48-70)90(4,5)6)86-60-74(59-85(97)88(86)94)100(15,16)72-49-36-61(37-50-72)62-38-51-80-76(54-62)93-75-34-26-27-35-79(75)95(67-28-20-17-21-29-67)83-57-73(99(13,14)71-32-24-19-25-33-71)58-84(87(83)93)96(80)68-30-22-18-23-31-68/h17-60H,1-16H3. The fourth-order valence-electron chi connectivity index (χ4n) is 16.5. The van der Waals surface area contributed by atoms with Gasteiger partial charge in [0.05, 0.1) is 0 Å². The van der Waals surface area contributed by atoms with Crippen LogP contribution in [0.25, 0.3) is 11.1 Å². The lowest BCUT2D eigenvalue weighted by Gasteiger charge is -2.46. The summed E-state index contributed by atoms with van der Waals surface area (Å²) < 4.78 is 0. The van der Waals surface area contributed by atoms with Crippen LogP contribution in [0.4, 0.5) is 68.2 Å². The maximum atomic E-state index is 2.63. The van der Waals surface area contributed by atoms with Gasteiger partial charge in [0.25, 0.3) is 13.4 Å². The van der Waals surface area contributed by atoms with E-state index in [0.717, 1.165) is 11.4 Å². The summed E-state index contributed by atoms with van der Waals surface area (Å²) in [5.74, 6) is 0. The lowest BCUT2D eigenvalue weighted by Crippen LogP contribution is -2.63. The van der Waals surface area contributed by atoms with Crippen molar-refractivity contribution in [1.82, 2.24) is 0 Å². The van der Waals surface area contributed by atoms with E-state index in [0.29, 0.717) is 0 Å². The number of rotatable bonds is 9. The zero-order valence-electron chi connectivity index (χ0n) is 61.3. The second-order valence-corrected chi connectivity index (χ2v) is 42.7. The molecule has 100 heavy (non-hydrogen) atoms. The Morgan fingerprint density at radius 1 is 0.230 bits per heavy atom. The van der Waals surface area contributed by atoms with Gasteiger partial charge < -0.3 is 19.6 Å². The fourth-order valence-corrected chi connectivity index (χ4v) is 21.2. The van der Waals surface area contributed by atoms with Crippen molar-refractivity contribution >= 4 is 151 Å². The molecule has 0 amide bonds. The van der Waals surface area contributed by atoms with E-state index < -0.39 is 16.1 Å². The first-order valence-electron chi connectivity index (χ1n) is 36.2. The number of para-hydroxylation sites is 3. The van der Waals surface area contributed by atoms with Crippen LogP contribution >= 0.6 is 0 Å². The number of hydrogen-bond acceptors (Lipinski definition) is 4. The highest BCUT2D eigenvalue weighted by atomic mass is 28.3. The molecule has 494 valence electrons. The van der Waals surface area contributed by atoms with E-state index in [-0.39, 0.29) is 35.1 Å². The first-order chi connectivity index (χ1) is 47.6. The van der Waals surface area contributed by atoms with E-state index in [2.05, 4.69) is 396 Å². The molecule has 4 aliphatic rings. The van der Waals surface area contributed by atoms with Gasteiger partial charge in [0.15, 0.2) is 0 Å². The van der Waals surface area contributed by atoms with Crippen molar-refractivity contribution in [2.24, 2.45) is 0 Å². The molecular formula is C92H92B2N4Si2. The van der Waals surface area contributed by atoms with Gasteiger partial charge in [-0.3, -0.25) is 0 Å². The molecule has 8 heteroatoms. The van der Waals surface area contributed by atoms with Crippen molar-refractivity contribution in [1.29, 1.82) is 0 Å². The molecule has 0 saturated heterocycles. The van der Waals surface area contributed by atoms with Gasteiger partial charge in [-0.25, -0.2) is 0 Å². The topological polar surface area (TPSA) is 13.0 Å². The molecule has 16 rings (SSSR count). The molecule has 12 aromatic carbocycles. The highest BCUT2D eigenvalue weighted by molar-refractivity contribution is 7.03. The van der Waals surface area contributed by atoms with Gasteiger partial charge in [-0.1, -0.05) is 300 Å². The van der Waals surface area contributed by atoms with E-state index in [1.54, 1.807) is 0 Å². The maximum Gasteiger partial charge on any atom is 0.252 e. The molecule has 0 unspecified atom stereocenters. The Balaban J connectivity index is 0.872. The highest BCUT2D eigenvalue weighted by Crippen LogP contribution is 2.48. The Morgan fingerprint density at radius 3 is 0.930 bits per heavy atom. The minimum Gasteiger partial charge on any atom is -0.311 e. The fraction of sp³-hybridized carbons (Fsp3) is 0.217. The van der Waals surface area contributed by atoms with Crippen molar-refractivity contribution in [2.75, 3.05) is 19.6 Å². The molecule has 12 aromatic rings. The maximum absolute atomic E-state index is 2.63. The van der Waals surface area contributed by atoms with Crippen LogP contribution in [-0.2, 0) is 21.7 Å². The van der Waals surface area contributed by atoms with E-state index in [9.17, 15) is 0 Å². The van der Waals surface area contributed by atoms with Crippen LogP contribution in [0.15, 0.2) is 267 Å². The Morgan fingerprint density at radius 2 is 0.530 bits per heavy atom. The molecule has 0 fully saturated rings. The summed E-state index contributed by atoms with van der Waals surface area (Å²) in [5, 5.41) is 5.62. The number of benzene rings is 12. The lowest BCUT2D eigenvalue weighted by molar-refractivity contribution is 0.590. The number of hydrogen-bond donors (Lipinski definition) is 0. The minimum absolute atomic E-state index is 0.00617. The zero-order valence-corrected chi connectivity index (χ0v) is 63.3. The summed E-state index contributed by atoms with van der Waals surface area (Å²) in [4.78, 5) is 10.4. The predicted octanol–water partition coefficient (Wildman–Crippen LogP) is 18.4. The normalized spacial score (nSPS) is 14.1. The minimum atomic E-state index is -2.57. The van der Waals surface area contributed by atoms with Crippen molar-refractivity contribution in [3.05, 3.63) is 289 Å². The Hall–Kier alpha value is -9.60. The molecule has 0 spiro atoms. The number of nitrogens with zero attached hydrogens (tertiary/aromatic N) is 4. The second kappa shape index (κ2) is 23.5. The van der Waals surface area contributed by atoms with E-state index in [1.165, 1.54) is 144 Å². The summed E-state index contributed by atoms with van der Waals surface area (Å²) in [5.41, 5.74) is 30.3. The van der Waals surface area contributed by atoms with E-state index in [1.807, 2.05) is 0 Å². The quantitative estimate of drug-likeness (QED) is 0.134. The molecule has 4 aliphatic heterocycles. The van der Waals surface area contributed by atoms with Crippen LogP contribution in [0.1, 0.15) is 105 Å². The Kier molecular flexibility index (Phi) is 15.3. The van der Waals surface area contributed by atoms with Crippen molar-refractivity contribution < 1.29 is 0 Å². The number of fused-ring (bicyclic) bond motifs is 8. The first-order valence-corrected chi connectivity index (χ1v) is 42.2.